The Hall–Kier alpha value is -0.450. The van der Waals surface area contributed by atoms with Gasteiger partial charge in [0.2, 0.25) is 0 Å². The monoisotopic (exact) mass is 228 g/mol. The molecule has 0 aliphatic carbocycles. The van der Waals surface area contributed by atoms with E-state index in [1.165, 1.54) is 5.56 Å². The zero-order valence-electron chi connectivity index (χ0n) is 5.77. The van der Waals surface area contributed by atoms with Crippen LogP contribution in [0.5, 0.6) is 0 Å². The third-order valence-corrected chi connectivity index (χ3v) is 2.04. The predicted molar refractivity (Wildman–Crippen MR) is 51.8 cm³/mol. The molecule has 0 saturated heterocycles. The Morgan fingerprint density at radius 3 is 2.36 bits per heavy atom. The molecule has 0 bridgehead atoms. The first-order chi connectivity index (χ1) is 5.36. The molecular weight excluding hydrogens is 223 g/mol. The van der Waals surface area contributed by atoms with Crippen LogP contribution in [0.25, 0.3) is 0 Å². The Bertz CT molecular complexity index is 279. The molecule has 0 spiro atoms. The zero-order valence-corrected chi connectivity index (χ0v) is 8.11. The summed E-state index contributed by atoms with van der Waals surface area (Å²) in [6.07, 6.45) is 0. The van der Waals surface area contributed by atoms with E-state index in [2.05, 4.69) is 27.2 Å². The van der Waals surface area contributed by atoms with E-state index in [-0.39, 0.29) is 0 Å². The van der Waals surface area contributed by atoms with E-state index < -0.39 is 0 Å². The summed E-state index contributed by atoms with van der Waals surface area (Å²) >= 11 is 8.60. The molecule has 0 fully saturated rings. The quantitative estimate of drug-likeness (QED) is 0.513. The summed E-state index contributed by atoms with van der Waals surface area (Å²) in [4.78, 5) is 0. The molecule has 0 nitrogen and oxygen atoms in total. The van der Waals surface area contributed by atoms with Crippen LogP contribution in [-0.2, 0) is 5.33 Å². The van der Waals surface area contributed by atoms with Crippen LogP contribution < -0.4 is 0 Å². The van der Waals surface area contributed by atoms with Crippen LogP contribution in [0.2, 0.25) is 0 Å². The van der Waals surface area contributed by atoms with Gasteiger partial charge in [-0.3, -0.25) is 0 Å². The minimum atomic E-state index is 0.877. The largest absolute Gasteiger partial charge is 0.0876 e. The molecule has 0 saturated carbocycles. The summed E-state index contributed by atoms with van der Waals surface area (Å²) in [5, 5.41) is 3.21. The Kier molecular flexibility index (Phi) is 3.48. The average molecular weight is 230 g/mol. The molecule has 11 heavy (non-hydrogen) atoms. The number of benzene rings is 1. The predicted octanol–water partition coefficient (Wildman–Crippen LogP) is 3.13. The molecule has 1 rings (SSSR count). The van der Waals surface area contributed by atoms with E-state index in [4.69, 9.17) is 11.6 Å². The van der Waals surface area contributed by atoms with E-state index in [1.807, 2.05) is 24.3 Å². The lowest BCUT2D eigenvalue weighted by Crippen LogP contribution is -1.77. The van der Waals surface area contributed by atoms with Gasteiger partial charge >= 0.3 is 0 Å². The van der Waals surface area contributed by atoms with Crippen LogP contribution in [-0.4, -0.2) is 0 Å². The first-order valence-corrected chi connectivity index (χ1v) is 4.63. The Morgan fingerprint density at radius 1 is 1.27 bits per heavy atom. The van der Waals surface area contributed by atoms with Crippen molar-refractivity contribution in [3.05, 3.63) is 35.4 Å². The second-order valence-electron chi connectivity index (χ2n) is 2.05. The maximum Gasteiger partial charge on any atom is 0.0283 e. The molecule has 0 amide bonds. The highest BCUT2D eigenvalue weighted by molar-refractivity contribution is 9.08. The van der Waals surface area contributed by atoms with Gasteiger partial charge in [-0.05, 0) is 35.2 Å². The fourth-order valence-corrected chi connectivity index (χ4v) is 1.21. The molecule has 1 aromatic carbocycles. The van der Waals surface area contributed by atoms with Gasteiger partial charge in [-0.1, -0.05) is 28.1 Å². The summed E-state index contributed by atoms with van der Waals surface area (Å²) in [7, 11) is 0. The Labute approximate surface area is 79.7 Å². The summed E-state index contributed by atoms with van der Waals surface area (Å²) < 4.78 is 0. The van der Waals surface area contributed by atoms with E-state index in [9.17, 15) is 0 Å². The summed E-state index contributed by atoms with van der Waals surface area (Å²) in [6, 6.07) is 7.94. The molecule has 0 heterocycles. The number of hydrogen-bond acceptors (Lipinski definition) is 0. The third-order valence-electron chi connectivity index (χ3n) is 1.30. The molecule has 0 radical (unpaired) electrons. The Balaban J connectivity index is 2.88. The second-order valence-corrected chi connectivity index (χ2v) is 2.80. The van der Waals surface area contributed by atoms with Gasteiger partial charge in [0.05, 0.1) is 0 Å². The molecule has 0 aromatic heterocycles. The third kappa shape index (κ3) is 2.57. The van der Waals surface area contributed by atoms with Gasteiger partial charge in [-0.15, -0.1) is 0 Å². The standard InChI is InChI=1S/C9H6BrCl/c10-7-9-3-1-8(2-4-9)5-6-11/h1-4H,7H2. The number of hydrogen-bond donors (Lipinski definition) is 0. The molecule has 0 aliphatic heterocycles. The van der Waals surface area contributed by atoms with Gasteiger partial charge in [0.15, 0.2) is 0 Å². The highest BCUT2D eigenvalue weighted by Gasteiger charge is 1.88. The maximum absolute atomic E-state index is 5.24. The van der Waals surface area contributed by atoms with Crippen molar-refractivity contribution < 1.29 is 0 Å². The Morgan fingerprint density at radius 2 is 1.91 bits per heavy atom. The molecule has 0 unspecified atom stereocenters. The first-order valence-electron chi connectivity index (χ1n) is 3.13. The van der Waals surface area contributed by atoms with E-state index in [1.54, 1.807) is 0 Å². The lowest BCUT2D eigenvalue weighted by atomic mass is 10.2. The van der Waals surface area contributed by atoms with Crippen molar-refractivity contribution in [3.8, 4) is 11.3 Å². The zero-order chi connectivity index (χ0) is 8.10. The topological polar surface area (TPSA) is 0 Å². The van der Waals surface area contributed by atoms with Gasteiger partial charge in [-0.2, -0.15) is 0 Å². The van der Waals surface area contributed by atoms with Gasteiger partial charge in [0.1, 0.15) is 0 Å². The van der Waals surface area contributed by atoms with E-state index in [0.29, 0.717) is 0 Å². The summed E-state index contributed by atoms with van der Waals surface area (Å²) in [5.74, 6) is 2.76. The average Bonchev–Trinajstić information content (AvgIpc) is 2.07. The van der Waals surface area contributed by atoms with Crippen molar-refractivity contribution in [2.75, 3.05) is 0 Å². The van der Waals surface area contributed by atoms with Gasteiger partial charge in [-0.25, -0.2) is 0 Å². The van der Waals surface area contributed by atoms with Crippen LogP contribution in [0.4, 0.5) is 0 Å². The van der Waals surface area contributed by atoms with Crippen LogP contribution in [0, 0.1) is 11.3 Å². The molecule has 0 atom stereocenters. The number of rotatable bonds is 1. The number of alkyl halides is 1. The van der Waals surface area contributed by atoms with Crippen LogP contribution in [0.3, 0.4) is 0 Å². The van der Waals surface area contributed by atoms with E-state index >= 15 is 0 Å². The van der Waals surface area contributed by atoms with Crippen molar-refractivity contribution in [1.29, 1.82) is 0 Å². The van der Waals surface area contributed by atoms with Crippen LogP contribution >= 0.6 is 27.5 Å². The molecule has 56 valence electrons. The van der Waals surface area contributed by atoms with Gasteiger partial charge in [0.25, 0.3) is 0 Å². The van der Waals surface area contributed by atoms with Crippen molar-refractivity contribution in [2.45, 2.75) is 5.33 Å². The van der Waals surface area contributed by atoms with Gasteiger partial charge in [0, 0.05) is 16.3 Å². The van der Waals surface area contributed by atoms with Crippen molar-refractivity contribution >= 4 is 27.5 Å². The summed E-state index contributed by atoms with van der Waals surface area (Å²) in [5.41, 5.74) is 2.19. The minimum absolute atomic E-state index is 0.877. The van der Waals surface area contributed by atoms with Crippen molar-refractivity contribution in [1.82, 2.24) is 0 Å². The molecule has 1 aromatic rings. The smallest absolute Gasteiger partial charge is 0.0283 e. The SMILES string of the molecule is ClC#Cc1ccc(CBr)cc1. The highest BCUT2D eigenvalue weighted by atomic mass is 79.9. The van der Waals surface area contributed by atoms with Crippen molar-refractivity contribution in [2.24, 2.45) is 0 Å². The fraction of sp³-hybridized carbons (Fsp3) is 0.111. The molecule has 0 N–H and O–H groups in total. The van der Waals surface area contributed by atoms with Crippen LogP contribution in [0.15, 0.2) is 24.3 Å². The summed E-state index contributed by atoms with van der Waals surface area (Å²) in [6.45, 7) is 0. The lowest BCUT2D eigenvalue weighted by molar-refractivity contribution is 1.43. The highest BCUT2D eigenvalue weighted by Crippen LogP contribution is 2.06. The minimum Gasteiger partial charge on any atom is -0.0876 e. The molecular formula is C9H6BrCl. The van der Waals surface area contributed by atoms with Crippen LogP contribution in [0.1, 0.15) is 11.1 Å². The maximum atomic E-state index is 5.24. The molecule has 2 heteroatoms. The first kappa shape index (κ1) is 8.64. The van der Waals surface area contributed by atoms with Gasteiger partial charge < -0.3 is 0 Å². The molecule has 0 aliphatic rings. The number of halogens is 2. The second kappa shape index (κ2) is 4.43. The lowest BCUT2D eigenvalue weighted by Gasteiger charge is -1.93. The van der Waals surface area contributed by atoms with Crippen molar-refractivity contribution in [3.63, 3.8) is 0 Å². The fourth-order valence-electron chi connectivity index (χ4n) is 0.732. The normalized spacial score (nSPS) is 8.55. The van der Waals surface area contributed by atoms with E-state index in [0.717, 1.165) is 10.9 Å².